The van der Waals surface area contributed by atoms with E-state index < -0.39 is 38.5 Å². The number of anilines is 2. The van der Waals surface area contributed by atoms with E-state index in [1.54, 1.807) is 0 Å². The Hall–Kier alpha value is -3.08. The van der Waals surface area contributed by atoms with E-state index >= 15 is 0 Å². The number of nitrogens with zero attached hydrogens (tertiary/aromatic N) is 2. The number of amides is 1. The average molecular weight is 413 g/mol. The Morgan fingerprint density at radius 3 is 2.39 bits per heavy atom. The molecular formula is C17H17F2N3O5S. The second-order valence-electron chi connectivity index (χ2n) is 6.08. The van der Waals surface area contributed by atoms with Crippen LogP contribution in [0.5, 0.6) is 0 Å². The molecule has 0 aromatic heterocycles. The molecule has 0 aliphatic heterocycles. The first kappa shape index (κ1) is 21.2. The van der Waals surface area contributed by atoms with Crippen molar-refractivity contribution in [3.63, 3.8) is 0 Å². The number of nitro benzene ring substituents is 1. The normalized spacial score (nSPS) is 12.3. The number of nitrogens with one attached hydrogen (secondary N) is 1. The van der Waals surface area contributed by atoms with Gasteiger partial charge in [-0.05, 0) is 31.5 Å². The number of halogens is 2. The molecule has 0 saturated heterocycles. The lowest BCUT2D eigenvalue weighted by atomic mass is 10.1. The van der Waals surface area contributed by atoms with E-state index in [2.05, 4.69) is 5.32 Å². The van der Waals surface area contributed by atoms with Crippen molar-refractivity contribution in [2.75, 3.05) is 15.9 Å². The van der Waals surface area contributed by atoms with E-state index in [1.165, 1.54) is 26.0 Å². The highest BCUT2D eigenvalue weighted by Crippen LogP contribution is 2.29. The Bertz CT molecular complexity index is 1040. The van der Waals surface area contributed by atoms with Gasteiger partial charge in [-0.2, -0.15) is 0 Å². The van der Waals surface area contributed by atoms with Crippen molar-refractivity contribution in [1.29, 1.82) is 0 Å². The lowest BCUT2D eigenvalue weighted by Gasteiger charge is -2.29. The third-order valence-corrected chi connectivity index (χ3v) is 5.15. The zero-order chi connectivity index (χ0) is 21.2. The van der Waals surface area contributed by atoms with Crippen LogP contribution >= 0.6 is 0 Å². The summed E-state index contributed by atoms with van der Waals surface area (Å²) < 4.78 is 52.1. The molecule has 11 heteroatoms. The van der Waals surface area contributed by atoms with Crippen LogP contribution in [0.25, 0.3) is 0 Å². The summed E-state index contributed by atoms with van der Waals surface area (Å²) >= 11 is 0. The molecule has 2 aromatic carbocycles. The number of carbonyl (C=O) groups is 1. The van der Waals surface area contributed by atoms with E-state index in [0.717, 1.165) is 24.5 Å². The van der Waals surface area contributed by atoms with Crippen molar-refractivity contribution < 1.29 is 26.9 Å². The third kappa shape index (κ3) is 4.60. The lowest BCUT2D eigenvalue weighted by Crippen LogP contribution is -2.45. The molecule has 28 heavy (non-hydrogen) atoms. The Morgan fingerprint density at radius 1 is 1.21 bits per heavy atom. The third-order valence-electron chi connectivity index (χ3n) is 3.92. The molecule has 2 rings (SSSR count). The number of benzene rings is 2. The fourth-order valence-corrected chi connectivity index (χ4v) is 3.78. The molecular weight excluding hydrogens is 396 g/mol. The van der Waals surface area contributed by atoms with Crippen LogP contribution in [0.15, 0.2) is 36.4 Å². The van der Waals surface area contributed by atoms with Gasteiger partial charge in [0.25, 0.3) is 5.69 Å². The maximum atomic E-state index is 13.8. The second-order valence-corrected chi connectivity index (χ2v) is 7.94. The van der Waals surface area contributed by atoms with Gasteiger partial charge >= 0.3 is 0 Å². The highest BCUT2D eigenvalue weighted by Gasteiger charge is 2.31. The van der Waals surface area contributed by atoms with Crippen LogP contribution in [-0.2, 0) is 14.8 Å². The number of non-ortho nitro benzene ring substituents is 1. The predicted octanol–water partition coefficient (Wildman–Crippen LogP) is 2.97. The Labute approximate surface area is 160 Å². The summed E-state index contributed by atoms with van der Waals surface area (Å²) in [4.78, 5) is 22.9. The van der Waals surface area contributed by atoms with Crippen LogP contribution in [0, 0.1) is 28.7 Å². The van der Waals surface area contributed by atoms with Gasteiger partial charge in [-0.1, -0.05) is 6.07 Å². The molecule has 1 N–H and O–H groups in total. The Kier molecular flexibility index (Phi) is 5.98. The molecule has 8 nitrogen and oxygen atoms in total. The topological polar surface area (TPSA) is 110 Å². The number of hydrogen-bond acceptors (Lipinski definition) is 5. The summed E-state index contributed by atoms with van der Waals surface area (Å²) in [5.74, 6) is -2.77. The van der Waals surface area contributed by atoms with E-state index in [9.17, 15) is 32.1 Å². The number of nitro groups is 1. The first-order chi connectivity index (χ1) is 12.9. The highest BCUT2D eigenvalue weighted by atomic mass is 32.2. The van der Waals surface area contributed by atoms with Crippen molar-refractivity contribution in [2.45, 2.75) is 19.9 Å². The number of carbonyl (C=O) groups excluding carboxylic acids is 1. The summed E-state index contributed by atoms with van der Waals surface area (Å²) in [6.45, 7) is 2.78. The van der Waals surface area contributed by atoms with Gasteiger partial charge in [0.15, 0.2) is 0 Å². The van der Waals surface area contributed by atoms with Crippen LogP contribution < -0.4 is 9.62 Å². The van der Waals surface area contributed by atoms with Gasteiger partial charge in [0.05, 0.1) is 22.6 Å². The highest BCUT2D eigenvalue weighted by molar-refractivity contribution is 7.92. The van der Waals surface area contributed by atoms with Gasteiger partial charge in [-0.15, -0.1) is 0 Å². The molecule has 0 fully saturated rings. The maximum absolute atomic E-state index is 13.8. The molecule has 0 aliphatic carbocycles. The van der Waals surface area contributed by atoms with Gasteiger partial charge in [0.1, 0.15) is 17.7 Å². The molecule has 0 unspecified atom stereocenters. The Morgan fingerprint density at radius 2 is 1.86 bits per heavy atom. The van der Waals surface area contributed by atoms with Gasteiger partial charge in [0, 0.05) is 18.2 Å². The van der Waals surface area contributed by atoms with Crippen LogP contribution in [-0.4, -0.2) is 31.5 Å². The zero-order valence-corrected chi connectivity index (χ0v) is 16.0. The number of rotatable bonds is 6. The quantitative estimate of drug-likeness (QED) is 0.578. The second kappa shape index (κ2) is 7.89. The summed E-state index contributed by atoms with van der Waals surface area (Å²) in [6, 6.07) is 4.73. The molecule has 0 saturated carbocycles. The molecule has 0 aliphatic rings. The average Bonchev–Trinajstić information content (AvgIpc) is 2.57. The van der Waals surface area contributed by atoms with E-state index in [1.807, 2.05) is 0 Å². The van der Waals surface area contributed by atoms with Crippen LogP contribution in [0.2, 0.25) is 0 Å². The summed E-state index contributed by atoms with van der Waals surface area (Å²) in [6.07, 6.45) is 0.841. The minimum atomic E-state index is -4.04. The smallest absolute Gasteiger partial charge is 0.271 e. The fourth-order valence-electron chi connectivity index (χ4n) is 2.56. The molecule has 2 aromatic rings. The van der Waals surface area contributed by atoms with Crippen molar-refractivity contribution in [2.24, 2.45) is 0 Å². The molecule has 1 atom stereocenters. The predicted molar refractivity (Wildman–Crippen MR) is 99.6 cm³/mol. The van der Waals surface area contributed by atoms with E-state index in [-0.39, 0.29) is 17.1 Å². The zero-order valence-electron chi connectivity index (χ0n) is 15.1. The largest absolute Gasteiger partial charge is 0.322 e. The van der Waals surface area contributed by atoms with Crippen LogP contribution in [0.4, 0.5) is 25.8 Å². The molecule has 0 spiro atoms. The SMILES string of the molecule is Cc1ccc([N+](=O)[O-])cc1N([C@H](C)C(=O)Nc1ccc(F)cc1F)S(C)(=O)=O. The summed E-state index contributed by atoms with van der Waals surface area (Å²) in [5.41, 5.74) is -0.364. The first-order valence-electron chi connectivity index (χ1n) is 7.92. The first-order valence-corrected chi connectivity index (χ1v) is 9.77. The number of hydrogen-bond donors (Lipinski definition) is 1. The number of sulfonamides is 1. The molecule has 150 valence electrons. The van der Waals surface area contributed by atoms with Gasteiger partial charge in [-0.25, -0.2) is 17.2 Å². The molecule has 0 heterocycles. The van der Waals surface area contributed by atoms with Crippen molar-refractivity contribution >= 4 is 33.0 Å². The van der Waals surface area contributed by atoms with Crippen LogP contribution in [0.3, 0.4) is 0 Å². The fraction of sp³-hybridized carbons (Fsp3) is 0.235. The Balaban J connectivity index is 2.45. The minimum Gasteiger partial charge on any atom is -0.322 e. The minimum absolute atomic E-state index is 0.0565. The van der Waals surface area contributed by atoms with E-state index in [0.29, 0.717) is 15.9 Å². The van der Waals surface area contributed by atoms with E-state index in [4.69, 9.17) is 0 Å². The van der Waals surface area contributed by atoms with Gasteiger partial charge in [0.2, 0.25) is 15.9 Å². The maximum Gasteiger partial charge on any atom is 0.271 e. The standard InChI is InChI=1S/C17H17F2N3O5S/c1-10-4-6-13(22(24)25)9-16(10)21(28(3,26)27)11(2)17(23)20-15-7-5-12(18)8-14(15)19/h4-9,11H,1-3H3,(H,20,23)/t11-/m1/s1. The van der Waals surface area contributed by atoms with Crippen molar-refractivity contribution in [3.8, 4) is 0 Å². The molecule has 1 amide bonds. The number of aryl methyl sites for hydroxylation is 1. The monoisotopic (exact) mass is 413 g/mol. The van der Waals surface area contributed by atoms with Gasteiger partial charge in [-0.3, -0.25) is 19.2 Å². The van der Waals surface area contributed by atoms with Crippen molar-refractivity contribution in [1.82, 2.24) is 0 Å². The molecule has 0 radical (unpaired) electrons. The lowest BCUT2D eigenvalue weighted by molar-refractivity contribution is -0.384. The summed E-state index contributed by atoms with van der Waals surface area (Å²) in [7, 11) is -4.04. The molecule has 0 bridgehead atoms. The van der Waals surface area contributed by atoms with Crippen molar-refractivity contribution in [3.05, 3.63) is 63.7 Å². The summed E-state index contributed by atoms with van der Waals surface area (Å²) in [5, 5.41) is 13.2. The van der Waals surface area contributed by atoms with Crippen LogP contribution in [0.1, 0.15) is 12.5 Å². The van der Waals surface area contributed by atoms with Gasteiger partial charge < -0.3 is 5.32 Å².